The second kappa shape index (κ2) is 3.07. The molecule has 2 nitrogen and oxygen atoms in total. The highest BCUT2D eigenvalue weighted by Crippen LogP contribution is 2.23. The fourth-order valence-corrected chi connectivity index (χ4v) is 2.14. The minimum atomic E-state index is 0.984. The molecule has 0 bridgehead atoms. The van der Waals surface area contributed by atoms with Gasteiger partial charge in [-0.25, -0.2) is 0 Å². The Kier molecular flexibility index (Phi) is 1.74. The molecule has 3 rings (SSSR count). The maximum Gasteiger partial charge on any atom is 0.0705 e. The van der Waals surface area contributed by atoms with Gasteiger partial charge in [0, 0.05) is 18.1 Å². The monoisotopic (exact) mass is 184 g/mol. The molecule has 2 heterocycles. The Hall–Kier alpha value is -1.41. The maximum absolute atomic E-state index is 4.36. The lowest BCUT2D eigenvalue weighted by Crippen LogP contribution is -2.23. The summed E-state index contributed by atoms with van der Waals surface area (Å²) >= 11 is 0. The van der Waals surface area contributed by atoms with Crippen LogP contribution in [0.2, 0.25) is 0 Å². The zero-order valence-electron chi connectivity index (χ0n) is 7.96. The van der Waals surface area contributed by atoms with E-state index in [0.717, 1.165) is 25.0 Å². The fraction of sp³-hybridized carbons (Fsp3) is 0.250. The quantitative estimate of drug-likeness (QED) is 0.676. The van der Waals surface area contributed by atoms with E-state index in [4.69, 9.17) is 0 Å². The molecule has 1 N–H and O–H groups in total. The number of aromatic nitrogens is 1. The van der Waals surface area contributed by atoms with Crippen LogP contribution in [0.15, 0.2) is 30.5 Å². The summed E-state index contributed by atoms with van der Waals surface area (Å²) in [5.41, 5.74) is 4.01. The number of rotatable bonds is 0. The lowest BCUT2D eigenvalue weighted by molar-refractivity contribution is 0.648. The number of nitrogens with zero attached hydrogens (tertiary/aromatic N) is 1. The van der Waals surface area contributed by atoms with Crippen LogP contribution >= 0.6 is 0 Å². The Morgan fingerprint density at radius 2 is 2.21 bits per heavy atom. The Labute approximate surface area is 83.0 Å². The molecule has 0 unspecified atom stereocenters. The van der Waals surface area contributed by atoms with Crippen LogP contribution in [-0.4, -0.2) is 11.5 Å². The minimum Gasteiger partial charge on any atom is -0.312 e. The third kappa shape index (κ3) is 1.11. The molecule has 0 saturated heterocycles. The van der Waals surface area contributed by atoms with E-state index in [1.165, 1.54) is 16.5 Å². The molecule has 1 aliphatic heterocycles. The van der Waals surface area contributed by atoms with Crippen molar-refractivity contribution in [3.05, 3.63) is 41.6 Å². The zero-order chi connectivity index (χ0) is 9.38. The summed E-state index contributed by atoms with van der Waals surface area (Å²) < 4.78 is 0. The molecule has 2 heteroatoms. The molecule has 1 aromatic carbocycles. The Bertz CT molecular complexity index is 477. The smallest absolute Gasteiger partial charge is 0.0705 e. The maximum atomic E-state index is 4.36. The second-order valence-corrected chi connectivity index (χ2v) is 3.70. The minimum absolute atomic E-state index is 0.984. The van der Waals surface area contributed by atoms with Crippen molar-refractivity contribution in [2.24, 2.45) is 0 Å². The first kappa shape index (κ1) is 7.94. The highest BCUT2D eigenvalue weighted by molar-refractivity contribution is 5.83. The summed E-state index contributed by atoms with van der Waals surface area (Å²) in [7, 11) is 0. The van der Waals surface area contributed by atoms with Gasteiger partial charge in [-0.05, 0) is 36.2 Å². The molecule has 0 aliphatic carbocycles. The number of hydrogen-bond donors (Lipinski definition) is 1. The SMILES string of the molecule is c1cnc2ccc3c(c2c1)CNCC3. The van der Waals surface area contributed by atoms with E-state index in [0.29, 0.717) is 0 Å². The third-order valence-corrected chi connectivity index (χ3v) is 2.87. The van der Waals surface area contributed by atoms with Crippen LogP contribution in [0.3, 0.4) is 0 Å². The fourth-order valence-electron chi connectivity index (χ4n) is 2.14. The first-order chi connectivity index (χ1) is 6.95. The van der Waals surface area contributed by atoms with Gasteiger partial charge in [-0.1, -0.05) is 12.1 Å². The van der Waals surface area contributed by atoms with Crippen molar-refractivity contribution in [1.29, 1.82) is 0 Å². The van der Waals surface area contributed by atoms with Gasteiger partial charge in [0.1, 0.15) is 0 Å². The van der Waals surface area contributed by atoms with Gasteiger partial charge in [0.25, 0.3) is 0 Å². The van der Waals surface area contributed by atoms with Gasteiger partial charge in [0.2, 0.25) is 0 Å². The van der Waals surface area contributed by atoms with E-state index in [2.05, 4.69) is 28.5 Å². The van der Waals surface area contributed by atoms with Crippen molar-refractivity contribution in [2.45, 2.75) is 13.0 Å². The molecule has 14 heavy (non-hydrogen) atoms. The van der Waals surface area contributed by atoms with Crippen LogP contribution in [-0.2, 0) is 13.0 Å². The summed E-state index contributed by atoms with van der Waals surface area (Å²) in [5.74, 6) is 0. The Balaban J connectivity index is 2.34. The first-order valence-electron chi connectivity index (χ1n) is 5.01. The molecule has 0 spiro atoms. The standard InChI is InChI=1S/C12H12N2/c1-2-10-11-8-13-7-5-9(11)3-4-12(10)14-6-1/h1-4,6,13H,5,7-8H2. The summed E-state index contributed by atoms with van der Waals surface area (Å²) in [6.45, 7) is 2.08. The molecule has 0 amide bonds. The summed E-state index contributed by atoms with van der Waals surface area (Å²) in [6, 6.07) is 8.51. The van der Waals surface area contributed by atoms with Crippen molar-refractivity contribution >= 4 is 10.9 Å². The normalized spacial score (nSPS) is 15.4. The molecular formula is C12H12N2. The van der Waals surface area contributed by atoms with Gasteiger partial charge in [-0.2, -0.15) is 0 Å². The van der Waals surface area contributed by atoms with E-state index in [-0.39, 0.29) is 0 Å². The molecule has 0 radical (unpaired) electrons. The predicted molar refractivity (Wildman–Crippen MR) is 57.2 cm³/mol. The second-order valence-electron chi connectivity index (χ2n) is 3.70. The average molecular weight is 184 g/mol. The van der Waals surface area contributed by atoms with E-state index in [9.17, 15) is 0 Å². The highest BCUT2D eigenvalue weighted by Gasteiger charge is 2.11. The largest absolute Gasteiger partial charge is 0.312 e. The van der Waals surface area contributed by atoms with Crippen molar-refractivity contribution in [3.8, 4) is 0 Å². The molecule has 1 aliphatic rings. The Morgan fingerprint density at radius 3 is 3.21 bits per heavy atom. The molecule has 2 aromatic rings. The summed E-state index contributed by atoms with van der Waals surface area (Å²) in [5, 5.41) is 4.71. The molecule has 1 aromatic heterocycles. The van der Waals surface area contributed by atoms with Crippen molar-refractivity contribution in [2.75, 3.05) is 6.54 Å². The van der Waals surface area contributed by atoms with Crippen LogP contribution in [0.25, 0.3) is 10.9 Å². The van der Waals surface area contributed by atoms with E-state index >= 15 is 0 Å². The molecule has 70 valence electrons. The number of pyridine rings is 1. The van der Waals surface area contributed by atoms with Crippen LogP contribution in [0.1, 0.15) is 11.1 Å². The molecular weight excluding hydrogens is 172 g/mol. The molecule has 0 saturated carbocycles. The number of benzene rings is 1. The van der Waals surface area contributed by atoms with Crippen LogP contribution < -0.4 is 5.32 Å². The number of fused-ring (bicyclic) bond motifs is 3. The van der Waals surface area contributed by atoms with Gasteiger partial charge in [-0.3, -0.25) is 4.98 Å². The van der Waals surface area contributed by atoms with Crippen LogP contribution in [0.5, 0.6) is 0 Å². The lowest BCUT2D eigenvalue weighted by atomic mass is 9.97. The lowest BCUT2D eigenvalue weighted by Gasteiger charge is -2.18. The third-order valence-electron chi connectivity index (χ3n) is 2.87. The Morgan fingerprint density at radius 1 is 1.21 bits per heavy atom. The summed E-state index contributed by atoms with van der Waals surface area (Å²) in [4.78, 5) is 4.36. The zero-order valence-corrected chi connectivity index (χ0v) is 7.96. The van der Waals surface area contributed by atoms with Gasteiger partial charge in [0.05, 0.1) is 5.52 Å². The highest BCUT2D eigenvalue weighted by atomic mass is 14.9. The topological polar surface area (TPSA) is 24.9 Å². The first-order valence-corrected chi connectivity index (χ1v) is 5.01. The number of hydrogen-bond acceptors (Lipinski definition) is 2. The van der Waals surface area contributed by atoms with Crippen molar-refractivity contribution in [1.82, 2.24) is 10.3 Å². The van der Waals surface area contributed by atoms with Crippen molar-refractivity contribution < 1.29 is 0 Å². The van der Waals surface area contributed by atoms with Crippen LogP contribution in [0, 0.1) is 0 Å². The van der Waals surface area contributed by atoms with Gasteiger partial charge >= 0.3 is 0 Å². The van der Waals surface area contributed by atoms with E-state index in [1.807, 2.05) is 12.3 Å². The van der Waals surface area contributed by atoms with Gasteiger partial charge < -0.3 is 5.32 Å². The van der Waals surface area contributed by atoms with E-state index in [1.54, 1.807) is 0 Å². The van der Waals surface area contributed by atoms with Gasteiger partial charge in [-0.15, -0.1) is 0 Å². The van der Waals surface area contributed by atoms with Gasteiger partial charge in [0.15, 0.2) is 0 Å². The molecule has 0 atom stereocenters. The molecule has 0 fully saturated rings. The number of nitrogens with one attached hydrogen (secondary N) is 1. The average Bonchev–Trinajstić information content (AvgIpc) is 2.29. The van der Waals surface area contributed by atoms with Crippen LogP contribution in [0.4, 0.5) is 0 Å². The summed E-state index contributed by atoms with van der Waals surface area (Å²) in [6.07, 6.45) is 2.99. The van der Waals surface area contributed by atoms with Crippen molar-refractivity contribution in [3.63, 3.8) is 0 Å². The predicted octanol–water partition coefficient (Wildman–Crippen LogP) is 1.88. The van der Waals surface area contributed by atoms with E-state index < -0.39 is 0 Å².